The number of aromatic hydroxyl groups is 4. The summed E-state index contributed by atoms with van der Waals surface area (Å²) in [5.41, 5.74) is -0.930. The van der Waals surface area contributed by atoms with Gasteiger partial charge in [0.15, 0.2) is 28.3 Å². The predicted molar refractivity (Wildman–Crippen MR) is 108 cm³/mol. The lowest BCUT2D eigenvalue weighted by atomic mass is 10.00. The Hall–Kier alpha value is -3.51. The van der Waals surface area contributed by atoms with Gasteiger partial charge < -0.3 is 49.6 Å². The van der Waals surface area contributed by atoms with Gasteiger partial charge >= 0.3 is 0 Å². The van der Waals surface area contributed by atoms with Crippen LogP contribution in [0, 0.1) is 0 Å². The minimum atomic E-state index is -1.71. The molecule has 0 radical (unpaired) electrons. The third-order valence-electron chi connectivity index (χ3n) is 5.22. The number of hydrogen-bond acceptors (Lipinski definition) is 11. The summed E-state index contributed by atoms with van der Waals surface area (Å²) in [6.45, 7) is 1.43. The number of aliphatic hydroxyl groups excluding tert-OH is 3. The van der Waals surface area contributed by atoms with Crippen molar-refractivity contribution >= 4 is 11.0 Å². The zero-order chi connectivity index (χ0) is 23.3. The Bertz CT molecular complexity index is 1230. The molecule has 0 bridgehead atoms. The van der Waals surface area contributed by atoms with E-state index in [0.717, 1.165) is 18.2 Å². The van der Waals surface area contributed by atoms with Gasteiger partial charge in [-0.05, 0) is 25.1 Å². The van der Waals surface area contributed by atoms with Crippen molar-refractivity contribution in [3.8, 4) is 40.1 Å². The highest BCUT2D eigenvalue weighted by Crippen LogP contribution is 2.42. The number of ether oxygens (including phenoxy) is 2. The van der Waals surface area contributed by atoms with Gasteiger partial charge in [-0.2, -0.15) is 0 Å². The van der Waals surface area contributed by atoms with E-state index in [2.05, 4.69) is 0 Å². The second-order valence-corrected chi connectivity index (χ2v) is 7.43. The Morgan fingerprint density at radius 3 is 2.25 bits per heavy atom. The Morgan fingerprint density at radius 1 is 0.844 bits per heavy atom. The van der Waals surface area contributed by atoms with Crippen LogP contribution in [-0.4, -0.2) is 66.5 Å². The van der Waals surface area contributed by atoms with Crippen LogP contribution < -0.4 is 10.2 Å². The van der Waals surface area contributed by atoms with E-state index in [9.17, 15) is 40.5 Å². The standard InChI is InChI=1S/C21H20O11/c1-7-16(27)17(28)18(29)21(30-7)32-19-13(26)5-11(24)15-12(25)6-14(31-20(15)19)8-2-3-9(22)10(23)4-8/h2-7,16-18,21-24,26-29H,1H3/t7-,16+,17+,18-,21+/m0/s1. The van der Waals surface area contributed by atoms with Crippen molar-refractivity contribution < 1.29 is 49.6 Å². The number of benzene rings is 2. The summed E-state index contributed by atoms with van der Waals surface area (Å²) in [5.74, 6) is -2.70. The summed E-state index contributed by atoms with van der Waals surface area (Å²) < 4.78 is 16.6. The highest BCUT2D eigenvalue weighted by molar-refractivity contribution is 5.91. The largest absolute Gasteiger partial charge is 0.507 e. The van der Waals surface area contributed by atoms with E-state index in [1.165, 1.54) is 19.1 Å². The molecule has 0 spiro atoms. The number of phenols is 4. The predicted octanol–water partition coefficient (Wildman–Crippen LogP) is 0.489. The molecule has 1 aliphatic heterocycles. The zero-order valence-electron chi connectivity index (χ0n) is 16.5. The van der Waals surface area contributed by atoms with E-state index >= 15 is 0 Å². The Kier molecular flexibility index (Phi) is 5.34. The first-order valence-corrected chi connectivity index (χ1v) is 9.50. The van der Waals surface area contributed by atoms with Crippen molar-refractivity contribution in [2.24, 2.45) is 0 Å². The molecule has 11 heteroatoms. The topological polar surface area (TPSA) is 190 Å². The van der Waals surface area contributed by atoms with E-state index in [0.29, 0.717) is 0 Å². The van der Waals surface area contributed by atoms with Crippen LogP contribution in [0.4, 0.5) is 0 Å². The van der Waals surface area contributed by atoms with Crippen LogP contribution in [0.2, 0.25) is 0 Å². The van der Waals surface area contributed by atoms with Crippen LogP contribution in [0.5, 0.6) is 28.7 Å². The minimum absolute atomic E-state index is 0.0958. The maximum absolute atomic E-state index is 12.7. The number of hydrogen-bond donors (Lipinski definition) is 7. The van der Waals surface area contributed by atoms with Crippen LogP contribution in [0.25, 0.3) is 22.3 Å². The first-order valence-electron chi connectivity index (χ1n) is 9.50. The molecule has 3 aromatic rings. The number of rotatable bonds is 3. The maximum Gasteiger partial charge on any atom is 0.229 e. The molecule has 1 aromatic heterocycles. The highest BCUT2D eigenvalue weighted by Gasteiger charge is 2.43. The normalized spacial score (nSPS) is 25.7. The maximum atomic E-state index is 12.7. The second kappa shape index (κ2) is 7.88. The van der Waals surface area contributed by atoms with Crippen LogP contribution in [0.15, 0.2) is 39.5 Å². The van der Waals surface area contributed by atoms with Crippen molar-refractivity contribution in [3.63, 3.8) is 0 Å². The third kappa shape index (κ3) is 3.56. The second-order valence-electron chi connectivity index (χ2n) is 7.43. The van der Waals surface area contributed by atoms with Crippen molar-refractivity contribution in [2.45, 2.75) is 37.6 Å². The molecule has 11 nitrogen and oxygen atoms in total. The van der Waals surface area contributed by atoms with E-state index in [1.54, 1.807) is 0 Å². The Labute approximate surface area is 179 Å². The van der Waals surface area contributed by atoms with Crippen LogP contribution in [0.3, 0.4) is 0 Å². The average Bonchev–Trinajstić information content (AvgIpc) is 2.74. The van der Waals surface area contributed by atoms with Crippen LogP contribution >= 0.6 is 0 Å². The Morgan fingerprint density at radius 2 is 1.56 bits per heavy atom. The molecule has 2 heterocycles. The molecule has 4 rings (SSSR count). The van der Waals surface area contributed by atoms with Crippen molar-refractivity contribution in [3.05, 3.63) is 40.6 Å². The molecule has 1 saturated heterocycles. The number of fused-ring (bicyclic) bond motifs is 1. The fourth-order valence-electron chi connectivity index (χ4n) is 3.44. The molecular weight excluding hydrogens is 428 g/mol. The minimum Gasteiger partial charge on any atom is -0.507 e. The van der Waals surface area contributed by atoms with Crippen molar-refractivity contribution in [1.82, 2.24) is 0 Å². The van der Waals surface area contributed by atoms with Gasteiger partial charge in [-0.15, -0.1) is 0 Å². The summed E-state index contributed by atoms with van der Waals surface area (Å²) >= 11 is 0. The van der Waals surface area contributed by atoms with Gasteiger partial charge in [0.1, 0.15) is 35.2 Å². The van der Waals surface area contributed by atoms with Crippen LogP contribution in [-0.2, 0) is 4.74 Å². The summed E-state index contributed by atoms with van der Waals surface area (Å²) in [6.07, 6.45) is -7.22. The van der Waals surface area contributed by atoms with Crippen LogP contribution in [0.1, 0.15) is 6.92 Å². The lowest BCUT2D eigenvalue weighted by molar-refractivity contribution is -0.268. The molecule has 0 amide bonds. The van der Waals surface area contributed by atoms with Gasteiger partial charge in [0.25, 0.3) is 0 Å². The molecule has 32 heavy (non-hydrogen) atoms. The van der Waals surface area contributed by atoms with E-state index < -0.39 is 70.5 Å². The van der Waals surface area contributed by atoms with E-state index in [4.69, 9.17) is 13.9 Å². The molecule has 7 N–H and O–H groups in total. The molecule has 5 atom stereocenters. The molecule has 0 aliphatic carbocycles. The highest BCUT2D eigenvalue weighted by atomic mass is 16.7. The lowest BCUT2D eigenvalue weighted by Gasteiger charge is -2.38. The summed E-state index contributed by atoms with van der Waals surface area (Å²) in [5, 5.41) is 69.5. The van der Waals surface area contributed by atoms with Crippen molar-refractivity contribution in [1.29, 1.82) is 0 Å². The average molecular weight is 448 g/mol. The SMILES string of the molecule is C[C@@H]1O[C@H](Oc2c(O)cc(O)c3c(=O)cc(-c4ccc(O)c(O)c4)oc23)[C@@H](O)[C@H](O)[C@@H]1O. The van der Waals surface area contributed by atoms with Crippen molar-refractivity contribution in [2.75, 3.05) is 0 Å². The molecule has 2 aromatic carbocycles. The monoisotopic (exact) mass is 448 g/mol. The first kappa shape index (κ1) is 21.7. The number of phenolic OH excluding ortho intramolecular Hbond substituents is 4. The van der Waals surface area contributed by atoms with Gasteiger partial charge in [0.05, 0.1) is 6.10 Å². The van der Waals surface area contributed by atoms with Gasteiger partial charge in [-0.3, -0.25) is 4.79 Å². The van der Waals surface area contributed by atoms with Gasteiger partial charge in [-0.25, -0.2) is 0 Å². The Balaban J connectivity index is 1.86. The molecule has 0 unspecified atom stereocenters. The zero-order valence-corrected chi connectivity index (χ0v) is 16.5. The smallest absolute Gasteiger partial charge is 0.229 e. The quantitative estimate of drug-likeness (QED) is 0.276. The molecule has 1 fully saturated rings. The van der Waals surface area contributed by atoms with Gasteiger partial charge in [0.2, 0.25) is 12.0 Å². The summed E-state index contributed by atoms with van der Waals surface area (Å²) in [4.78, 5) is 12.7. The molecule has 0 saturated carbocycles. The summed E-state index contributed by atoms with van der Waals surface area (Å²) in [7, 11) is 0. The van der Waals surface area contributed by atoms with Gasteiger partial charge in [0, 0.05) is 17.7 Å². The summed E-state index contributed by atoms with van der Waals surface area (Å²) in [6, 6.07) is 5.53. The molecule has 1 aliphatic rings. The lowest BCUT2D eigenvalue weighted by Crippen LogP contribution is -2.58. The first-order chi connectivity index (χ1) is 15.1. The molecule has 170 valence electrons. The molecular formula is C21H20O11. The van der Waals surface area contributed by atoms with E-state index in [-0.39, 0.29) is 16.7 Å². The fourth-order valence-corrected chi connectivity index (χ4v) is 3.44. The number of aliphatic hydroxyl groups is 3. The van der Waals surface area contributed by atoms with Gasteiger partial charge in [-0.1, -0.05) is 0 Å². The fraction of sp³-hybridized carbons (Fsp3) is 0.286. The van der Waals surface area contributed by atoms with E-state index in [1.807, 2.05) is 0 Å². The third-order valence-corrected chi connectivity index (χ3v) is 5.22.